The minimum atomic E-state index is -2.47. The highest BCUT2D eigenvalue weighted by Crippen LogP contribution is 2.42. The van der Waals surface area contributed by atoms with Crippen molar-refractivity contribution in [3.63, 3.8) is 0 Å². The molecule has 0 fully saturated rings. The average Bonchev–Trinajstić information content (AvgIpc) is 2.60. The van der Waals surface area contributed by atoms with Crippen LogP contribution < -0.4 is 5.32 Å². The molecule has 0 saturated heterocycles. The molecular formula is C19H21F4N3. The Labute approximate surface area is 149 Å². The Kier molecular flexibility index (Phi) is 5.27. The molecule has 0 amide bonds. The van der Waals surface area contributed by atoms with Crippen molar-refractivity contribution >= 4 is 0 Å². The fourth-order valence-corrected chi connectivity index (χ4v) is 3.65. The summed E-state index contributed by atoms with van der Waals surface area (Å²) in [7, 11) is 0. The third kappa shape index (κ3) is 3.45. The fraction of sp³-hybridized carbons (Fsp3) is 0.474. The van der Waals surface area contributed by atoms with Crippen LogP contribution >= 0.6 is 0 Å². The van der Waals surface area contributed by atoms with Crippen LogP contribution in [-0.4, -0.2) is 23.2 Å². The van der Waals surface area contributed by atoms with Gasteiger partial charge in [0.1, 0.15) is 11.6 Å². The molecule has 1 aliphatic rings. The number of aromatic nitrogens is 2. The number of fused-ring (bicyclic) bond motifs is 1. The Morgan fingerprint density at radius 1 is 1.23 bits per heavy atom. The van der Waals surface area contributed by atoms with Gasteiger partial charge in [0.05, 0.1) is 29.0 Å². The van der Waals surface area contributed by atoms with E-state index in [2.05, 4.69) is 15.5 Å². The van der Waals surface area contributed by atoms with Crippen LogP contribution in [0.4, 0.5) is 17.6 Å². The molecule has 0 saturated carbocycles. The van der Waals surface area contributed by atoms with Crippen LogP contribution in [0.3, 0.4) is 0 Å². The normalized spacial score (nSPS) is 22.5. The number of halogens is 4. The largest absolute Gasteiger partial charge is 0.301 e. The summed E-state index contributed by atoms with van der Waals surface area (Å²) < 4.78 is 53.6. The van der Waals surface area contributed by atoms with E-state index in [4.69, 9.17) is 0 Å². The number of rotatable bonds is 5. The van der Waals surface area contributed by atoms with Crippen molar-refractivity contribution in [2.75, 3.05) is 6.54 Å². The minimum Gasteiger partial charge on any atom is -0.301 e. The van der Waals surface area contributed by atoms with Crippen molar-refractivity contribution < 1.29 is 17.6 Å². The summed E-state index contributed by atoms with van der Waals surface area (Å²) in [6.07, 6.45) is -0.226. The van der Waals surface area contributed by atoms with Gasteiger partial charge in [-0.3, -0.25) is 0 Å². The number of benzene rings is 1. The molecule has 2 atom stereocenters. The molecular weight excluding hydrogens is 346 g/mol. The van der Waals surface area contributed by atoms with Gasteiger partial charge in [0, 0.05) is 0 Å². The third-order valence-electron chi connectivity index (χ3n) is 5.14. The van der Waals surface area contributed by atoms with Gasteiger partial charge in [-0.2, -0.15) is 5.10 Å². The van der Waals surface area contributed by atoms with Gasteiger partial charge in [0.15, 0.2) is 0 Å². The summed E-state index contributed by atoms with van der Waals surface area (Å²) in [5.41, 5.74) is 0.560. The second kappa shape index (κ2) is 7.31. The predicted molar refractivity (Wildman–Crippen MR) is 91.0 cm³/mol. The van der Waals surface area contributed by atoms with Gasteiger partial charge in [-0.25, -0.2) is 17.6 Å². The lowest BCUT2D eigenvalue weighted by Crippen LogP contribution is -2.46. The highest BCUT2D eigenvalue weighted by Gasteiger charge is 2.38. The molecule has 0 spiro atoms. The first-order valence-corrected chi connectivity index (χ1v) is 8.71. The number of alkyl halides is 2. The molecule has 1 N–H and O–H groups in total. The molecule has 3 rings (SSSR count). The van der Waals surface area contributed by atoms with Crippen LogP contribution in [0.25, 0.3) is 11.3 Å². The van der Waals surface area contributed by atoms with Gasteiger partial charge in [0.25, 0.3) is 6.43 Å². The molecule has 1 aliphatic carbocycles. The van der Waals surface area contributed by atoms with E-state index in [1.807, 2.05) is 13.8 Å². The summed E-state index contributed by atoms with van der Waals surface area (Å²) >= 11 is 0. The number of hydrogen-bond acceptors (Lipinski definition) is 3. The summed E-state index contributed by atoms with van der Waals surface area (Å²) in [6, 6.07) is 5.29. The molecule has 2 aromatic rings. The first kappa shape index (κ1) is 18.8. The third-order valence-corrected chi connectivity index (χ3v) is 5.14. The van der Waals surface area contributed by atoms with E-state index in [9.17, 15) is 17.6 Å². The molecule has 3 nitrogen and oxygen atoms in total. The van der Waals surface area contributed by atoms with Gasteiger partial charge < -0.3 is 5.32 Å². The van der Waals surface area contributed by atoms with Crippen LogP contribution in [0, 0.1) is 11.6 Å². The number of nitrogens with one attached hydrogen (secondary N) is 1. The zero-order valence-electron chi connectivity index (χ0n) is 14.7. The summed E-state index contributed by atoms with van der Waals surface area (Å²) in [5, 5.41) is 11.1. The number of hydrogen-bond donors (Lipinski definition) is 1. The maximum absolute atomic E-state index is 14.1. The van der Waals surface area contributed by atoms with Gasteiger partial charge in [0.2, 0.25) is 0 Å². The van der Waals surface area contributed by atoms with Crippen LogP contribution in [0.15, 0.2) is 24.3 Å². The second-order valence-corrected chi connectivity index (χ2v) is 6.88. The van der Waals surface area contributed by atoms with Crippen molar-refractivity contribution in [1.82, 2.24) is 15.5 Å². The van der Waals surface area contributed by atoms with E-state index >= 15 is 0 Å². The SMILES string of the molecule is CC[C@H]1CC[C@](C)(NCC(F)F)c2nnc(-c3c(F)cccc3F)cc21. The predicted octanol–water partition coefficient (Wildman–Crippen LogP) is 4.78. The first-order valence-electron chi connectivity index (χ1n) is 8.71. The lowest BCUT2D eigenvalue weighted by atomic mass is 9.74. The van der Waals surface area contributed by atoms with Crippen molar-refractivity contribution in [3.8, 4) is 11.3 Å². The van der Waals surface area contributed by atoms with Gasteiger partial charge in [-0.1, -0.05) is 13.0 Å². The van der Waals surface area contributed by atoms with Crippen LogP contribution in [0.2, 0.25) is 0 Å². The van der Waals surface area contributed by atoms with Gasteiger partial charge in [-0.05, 0) is 55.9 Å². The van der Waals surface area contributed by atoms with E-state index < -0.39 is 30.1 Å². The van der Waals surface area contributed by atoms with Crippen molar-refractivity contribution in [3.05, 3.63) is 47.2 Å². The van der Waals surface area contributed by atoms with Crippen LogP contribution in [-0.2, 0) is 5.54 Å². The Morgan fingerprint density at radius 2 is 1.92 bits per heavy atom. The van der Waals surface area contributed by atoms with E-state index in [0.717, 1.165) is 18.4 Å². The topological polar surface area (TPSA) is 37.8 Å². The van der Waals surface area contributed by atoms with Crippen LogP contribution in [0.1, 0.15) is 50.3 Å². The minimum absolute atomic E-state index is 0.121. The monoisotopic (exact) mass is 367 g/mol. The molecule has 7 heteroatoms. The molecule has 0 bridgehead atoms. The standard InChI is InChI=1S/C19H21F4N3/c1-3-11-7-8-19(2,24-10-16(22)23)18-12(11)9-15(25-26-18)17-13(20)5-4-6-14(17)21/h4-6,9,11,16,24H,3,7-8,10H2,1-2H3/t11-,19-/m0/s1. The molecule has 0 unspecified atom stereocenters. The van der Waals surface area contributed by atoms with Crippen LogP contribution in [0.5, 0.6) is 0 Å². The highest BCUT2D eigenvalue weighted by atomic mass is 19.3. The molecule has 140 valence electrons. The smallest absolute Gasteiger partial charge is 0.250 e. The summed E-state index contributed by atoms with van der Waals surface area (Å²) in [6.45, 7) is 3.39. The summed E-state index contributed by atoms with van der Waals surface area (Å²) in [5.74, 6) is -1.26. The van der Waals surface area contributed by atoms with Gasteiger partial charge in [-0.15, -0.1) is 5.10 Å². The van der Waals surface area contributed by atoms with Gasteiger partial charge >= 0.3 is 0 Å². The van der Waals surface area contributed by atoms with E-state index in [1.54, 1.807) is 6.07 Å². The molecule has 0 radical (unpaired) electrons. The Balaban J connectivity index is 2.07. The molecule has 1 aromatic heterocycles. The quantitative estimate of drug-likeness (QED) is 0.773. The fourth-order valence-electron chi connectivity index (χ4n) is 3.65. The molecule has 1 aromatic carbocycles. The Hall–Kier alpha value is -2.02. The second-order valence-electron chi connectivity index (χ2n) is 6.88. The average molecular weight is 367 g/mol. The van der Waals surface area contributed by atoms with E-state index in [-0.39, 0.29) is 17.2 Å². The van der Waals surface area contributed by atoms with E-state index in [1.165, 1.54) is 18.2 Å². The van der Waals surface area contributed by atoms with Crippen molar-refractivity contribution in [2.45, 2.75) is 51.0 Å². The Bertz CT molecular complexity index is 776. The lowest BCUT2D eigenvalue weighted by Gasteiger charge is -2.38. The molecule has 0 aliphatic heterocycles. The maximum Gasteiger partial charge on any atom is 0.250 e. The highest BCUT2D eigenvalue weighted by molar-refractivity contribution is 5.61. The summed E-state index contributed by atoms with van der Waals surface area (Å²) in [4.78, 5) is 0. The van der Waals surface area contributed by atoms with Crippen molar-refractivity contribution in [2.24, 2.45) is 0 Å². The van der Waals surface area contributed by atoms with Crippen molar-refractivity contribution in [1.29, 1.82) is 0 Å². The number of nitrogens with zero attached hydrogens (tertiary/aromatic N) is 2. The first-order chi connectivity index (χ1) is 12.4. The molecule has 1 heterocycles. The maximum atomic E-state index is 14.1. The molecule has 26 heavy (non-hydrogen) atoms. The lowest BCUT2D eigenvalue weighted by molar-refractivity contribution is 0.125. The Morgan fingerprint density at radius 3 is 2.54 bits per heavy atom. The zero-order valence-corrected chi connectivity index (χ0v) is 14.7. The zero-order chi connectivity index (χ0) is 18.9. The van der Waals surface area contributed by atoms with E-state index in [0.29, 0.717) is 12.1 Å².